The minimum Gasteiger partial charge on any atom is -0.350 e. The van der Waals surface area contributed by atoms with Gasteiger partial charge in [0.15, 0.2) is 6.29 Å². The van der Waals surface area contributed by atoms with Crippen LogP contribution in [0.1, 0.15) is 46.5 Å². The van der Waals surface area contributed by atoms with Crippen molar-refractivity contribution in [2.45, 2.75) is 52.7 Å². The molecule has 2 atom stereocenters. The maximum atomic E-state index is 11.9. The van der Waals surface area contributed by atoms with Gasteiger partial charge >= 0.3 is 0 Å². The number of carbonyl (C=O) groups is 1. The van der Waals surface area contributed by atoms with Crippen molar-refractivity contribution in [3.8, 4) is 0 Å². The van der Waals surface area contributed by atoms with Crippen molar-refractivity contribution >= 4 is 5.91 Å². The molecule has 0 spiro atoms. The standard InChI is InChI=1S/C15H25NO3/c1-4-5-6-9-12(2)13(3)15(17)16-19-14-10-7-8-11-18-14/h5-6,9,13-14H,4,7-8,10-11H2,1-3H3,(H,16,17)/b6-5-,12-9-. The minimum atomic E-state index is -0.297. The second kappa shape index (κ2) is 8.88. The van der Waals surface area contributed by atoms with Crippen molar-refractivity contribution < 1.29 is 14.4 Å². The molecule has 1 amide bonds. The Kier molecular flexibility index (Phi) is 7.45. The van der Waals surface area contributed by atoms with Crippen LogP contribution >= 0.6 is 0 Å². The molecule has 4 nitrogen and oxygen atoms in total. The van der Waals surface area contributed by atoms with Gasteiger partial charge in [-0.2, -0.15) is 0 Å². The van der Waals surface area contributed by atoms with E-state index >= 15 is 0 Å². The molecule has 0 aromatic carbocycles. The van der Waals surface area contributed by atoms with E-state index in [9.17, 15) is 4.79 Å². The molecule has 0 saturated carbocycles. The van der Waals surface area contributed by atoms with E-state index in [0.29, 0.717) is 6.61 Å². The zero-order valence-electron chi connectivity index (χ0n) is 12.1. The number of hydroxylamine groups is 1. The van der Waals surface area contributed by atoms with Crippen molar-refractivity contribution in [3.63, 3.8) is 0 Å². The Morgan fingerprint density at radius 1 is 1.53 bits per heavy atom. The summed E-state index contributed by atoms with van der Waals surface area (Å²) in [6, 6.07) is 0. The van der Waals surface area contributed by atoms with E-state index < -0.39 is 0 Å². The van der Waals surface area contributed by atoms with Crippen LogP contribution in [0.5, 0.6) is 0 Å². The predicted octanol–water partition coefficient (Wildman–Crippen LogP) is 3.11. The first-order valence-electron chi connectivity index (χ1n) is 7.05. The summed E-state index contributed by atoms with van der Waals surface area (Å²) in [4.78, 5) is 17.2. The van der Waals surface area contributed by atoms with Crippen LogP contribution in [0.15, 0.2) is 23.8 Å². The highest BCUT2D eigenvalue weighted by Crippen LogP contribution is 2.14. The van der Waals surface area contributed by atoms with Crippen LogP contribution in [0.3, 0.4) is 0 Å². The van der Waals surface area contributed by atoms with Crippen molar-refractivity contribution in [2.24, 2.45) is 5.92 Å². The fourth-order valence-electron chi connectivity index (χ4n) is 1.72. The average Bonchev–Trinajstić information content (AvgIpc) is 2.45. The number of rotatable bonds is 6. The van der Waals surface area contributed by atoms with Crippen LogP contribution in [-0.2, 0) is 14.4 Å². The van der Waals surface area contributed by atoms with Gasteiger partial charge in [-0.1, -0.05) is 30.7 Å². The van der Waals surface area contributed by atoms with Gasteiger partial charge in [0.1, 0.15) is 0 Å². The molecule has 1 saturated heterocycles. The van der Waals surface area contributed by atoms with E-state index in [1.165, 1.54) is 0 Å². The summed E-state index contributed by atoms with van der Waals surface area (Å²) >= 11 is 0. The first-order valence-corrected chi connectivity index (χ1v) is 7.05. The van der Waals surface area contributed by atoms with Crippen LogP contribution in [0.25, 0.3) is 0 Å². The van der Waals surface area contributed by atoms with Crippen LogP contribution in [-0.4, -0.2) is 18.8 Å². The highest BCUT2D eigenvalue weighted by atomic mass is 16.8. The molecule has 0 aromatic heterocycles. The zero-order chi connectivity index (χ0) is 14.1. The highest BCUT2D eigenvalue weighted by molar-refractivity contribution is 5.80. The molecule has 1 aliphatic heterocycles. The minimum absolute atomic E-state index is 0.132. The molecule has 2 unspecified atom stereocenters. The third-order valence-corrected chi connectivity index (χ3v) is 3.24. The SMILES string of the molecule is CC/C=C\C=C(\C)C(C)C(=O)NOC1CCCCO1. The van der Waals surface area contributed by atoms with Gasteiger partial charge in [0, 0.05) is 13.0 Å². The Balaban J connectivity index is 2.34. The topological polar surface area (TPSA) is 47.6 Å². The predicted molar refractivity (Wildman–Crippen MR) is 75.2 cm³/mol. The fourth-order valence-corrected chi connectivity index (χ4v) is 1.72. The summed E-state index contributed by atoms with van der Waals surface area (Å²) in [6.07, 6.45) is 9.67. The average molecular weight is 267 g/mol. The van der Waals surface area contributed by atoms with Gasteiger partial charge in [-0.25, -0.2) is 10.3 Å². The smallest absolute Gasteiger partial charge is 0.250 e. The lowest BCUT2D eigenvalue weighted by atomic mass is 10.0. The Hall–Kier alpha value is -1.13. The van der Waals surface area contributed by atoms with E-state index in [2.05, 4.69) is 18.5 Å². The molecule has 1 rings (SSSR count). The number of allylic oxidation sites excluding steroid dienone is 3. The number of ether oxygens (including phenoxy) is 1. The van der Waals surface area contributed by atoms with Gasteiger partial charge in [-0.05, 0) is 33.1 Å². The first kappa shape index (κ1) is 15.9. The number of hydrogen-bond acceptors (Lipinski definition) is 3. The molecular weight excluding hydrogens is 242 g/mol. The summed E-state index contributed by atoms with van der Waals surface area (Å²) < 4.78 is 5.39. The van der Waals surface area contributed by atoms with Crippen LogP contribution in [0.2, 0.25) is 0 Å². The largest absolute Gasteiger partial charge is 0.350 e. The molecule has 108 valence electrons. The number of nitrogens with one attached hydrogen (secondary N) is 1. The molecule has 1 N–H and O–H groups in total. The van der Waals surface area contributed by atoms with Crippen molar-refractivity contribution in [1.29, 1.82) is 0 Å². The molecule has 0 aromatic rings. The number of amides is 1. The highest BCUT2D eigenvalue weighted by Gasteiger charge is 2.19. The summed E-state index contributed by atoms with van der Waals surface area (Å²) in [6.45, 7) is 6.60. The third kappa shape index (κ3) is 6.03. The monoisotopic (exact) mass is 267 g/mol. The molecule has 0 radical (unpaired) electrons. The fraction of sp³-hybridized carbons (Fsp3) is 0.667. The lowest BCUT2D eigenvalue weighted by Gasteiger charge is -2.23. The van der Waals surface area contributed by atoms with Gasteiger partial charge in [0.2, 0.25) is 0 Å². The number of hydrogen-bond donors (Lipinski definition) is 1. The van der Waals surface area contributed by atoms with Gasteiger partial charge < -0.3 is 4.74 Å². The normalized spacial score (nSPS) is 22.5. The van der Waals surface area contributed by atoms with Gasteiger partial charge in [0.25, 0.3) is 5.91 Å². The van der Waals surface area contributed by atoms with E-state index in [0.717, 1.165) is 31.3 Å². The van der Waals surface area contributed by atoms with E-state index in [1.807, 2.05) is 26.0 Å². The second-order valence-corrected chi connectivity index (χ2v) is 4.85. The lowest BCUT2D eigenvalue weighted by molar-refractivity contribution is -0.201. The Morgan fingerprint density at radius 3 is 2.95 bits per heavy atom. The lowest BCUT2D eigenvalue weighted by Crippen LogP contribution is -2.36. The Morgan fingerprint density at radius 2 is 2.32 bits per heavy atom. The molecule has 19 heavy (non-hydrogen) atoms. The second-order valence-electron chi connectivity index (χ2n) is 4.85. The van der Waals surface area contributed by atoms with Crippen LogP contribution < -0.4 is 5.48 Å². The van der Waals surface area contributed by atoms with E-state index in [1.54, 1.807) is 0 Å². The molecule has 0 bridgehead atoms. The van der Waals surface area contributed by atoms with E-state index in [-0.39, 0.29) is 18.1 Å². The first-order chi connectivity index (χ1) is 9.15. The maximum Gasteiger partial charge on any atom is 0.250 e. The Labute approximate surface area is 115 Å². The molecule has 4 heteroatoms. The third-order valence-electron chi connectivity index (χ3n) is 3.24. The summed E-state index contributed by atoms with van der Waals surface area (Å²) in [7, 11) is 0. The molecule has 1 heterocycles. The van der Waals surface area contributed by atoms with Crippen molar-refractivity contribution in [3.05, 3.63) is 23.8 Å². The van der Waals surface area contributed by atoms with Crippen LogP contribution in [0, 0.1) is 5.92 Å². The maximum absolute atomic E-state index is 11.9. The number of carbonyl (C=O) groups excluding carboxylic acids is 1. The Bertz CT molecular complexity index is 330. The van der Waals surface area contributed by atoms with Gasteiger partial charge in [-0.15, -0.1) is 0 Å². The van der Waals surface area contributed by atoms with Crippen molar-refractivity contribution in [2.75, 3.05) is 6.61 Å². The summed E-state index contributed by atoms with van der Waals surface area (Å²) in [5.74, 6) is -0.335. The quantitative estimate of drug-likeness (QED) is 0.594. The molecule has 1 fully saturated rings. The molecular formula is C15H25NO3. The summed E-state index contributed by atoms with van der Waals surface area (Å²) in [5, 5.41) is 0. The zero-order valence-corrected chi connectivity index (χ0v) is 12.1. The summed E-state index contributed by atoms with van der Waals surface area (Å²) in [5.41, 5.74) is 3.50. The van der Waals surface area contributed by atoms with E-state index in [4.69, 9.17) is 9.57 Å². The van der Waals surface area contributed by atoms with Gasteiger partial charge in [0.05, 0.1) is 5.92 Å². The van der Waals surface area contributed by atoms with Crippen LogP contribution in [0.4, 0.5) is 0 Å². The van der Waals surface area contributed by atoms with Crippen molar-refractivity contribution in [1.82, 2.24) is 5.48 Å². The van der Waals surface area contributed by atoms with Gasteiger partial charge in [-0.3, -0.25) is 4.79 Å². The molecule has 0 aliphatic carbocycles. The molecule has 1 aliphatic rings.